The van der Waals surface area contributed by atoms with E-state index in [0.29, 0.717) is 41.7 Å². The zero-order valence-corrected chi connectivity index (χ0v) is 60.5. The van der Waals surface area contributed by atoms with Crippen molar-refractivity contribution in [3.05, 3.63) is 144 Å². The lowest BCUT2D eigenvalue weighted by Crippen LogP contribution is -2.60. The molecule has 530 valence electrons. The standard InChI is InChI=1S/C72H103N11O12S2/c1-47(2)39-59(83(14)71(94)57(37-27-28-38-74-65(88)56(73)46-96-97-72(7,8)9)77-68(91)61(43-55-35-25-18-26-36-55)82(13)63(86)45-95-51(6)84)67(90)78-58(41-53-31-21-16-22-32-53)70(93)79(10)44-62(85)81(12)60(42-54-33-23-17-24-34-54)66(89)76-49(4)69(92)80(11)50(5)64(87)75-48(3)40-52-29-19-15-20-30-52/h15-26,29-36,47-50,56-61H,27-28,37-46,73H2,1-14H3,(H,74,88)(H,75,87)(H,76,89)(H,77,91)(H,78,90)/t48-,49-,50-,56-,57-,58-,59?,60-,61-/m0/s1. The van der Waals surface area contributed by atoms with Crippen LogP contribution in [0, 0.1) is 5.92 Å². The number of esters is 1. The maximum atomic E-state index is 15.2. The van der Waals surface area contributed by atoms with E-state index in [-0.39, 0.29) is 67.2 Å². The molecule has 4 aromatic rings. The van der Waals surface area contributed by atoms with Crippen molar-refractivity contribution >= 4 is 86.6 Å². The Kier molecular flexibility index (Phi) is 33.8. The highest BCUT2D eigenvalue weighted by molar-refractivity contribution is 8.77. The highest BCUT2D eigenvalue weighted by Gasteiger charge is 2.39. The van der Waals surface area contributed by atoms with Gasteiger partial charge in [0.2, 0.25) is 53.2 Å². The Hall–Kier alpha value is -8.29. The fourth-order valence-corrected chi connectivity index (χ4v) is 12.9. The van der Waals surface area contributed by atoms with Crippen LogP contribution in [0.4, 0.5) is 0 Å². The van der Waals surface area contributed by atoms with Crippen molar-refractivity contribution in [1.29, 1.82) is 0 Å². The number of likely N-dealkylation sites (N-methyl/N-ethyl adjacent to an activating group) is 5. The minimum atomic E-state index is -1.31. The summed E-state index contributed by atoms with van der Waals surface area (Å²) >= 11 is 0. The number of unbranched alkanes of at least 4 members (excludes halogenated alkanes) is 1. The van der Waals surface area contributed by atoms with E-state index in [9.17, 15) is 43.2 Å². The zero-order valence-electron chi connectivity index (χ0n) is 58.8. The smallest absolute Gasteiger partial charge is 0.303 e. The van der Waals surface area contributed by atoms with E-state index in [1.807, 2.05) is 51.1 Å². The summed E-state index contributed by atoms with van der Waals surface area (Å²) in [5.74, 6) is -6.55. The van der Waals surface area contributed by atoms with Crippen LogP contribution in [0.5, 0.6) is 0 Å². The molecule has 0 aliphatic heterocycles. The molecule has 0 spiro atoms. The Morgan fingerprint density at radius 3 is 1.46 bits per heavy atom. The zero-order chi connectivity index (χ0) is 72.1. The number of nitrogens with two attached hydrogens (primary N) is 1. The van der Waals surface area contributed by atoms with Crippen molar-refractivity contribution < 1.29 is 57.5 Å². The number of amides is 10. The van der Waals surface area contributed by atoms with E-state index in [1.165, 1.54) is 67.7 Å². The predicted octanol–water partition coefficient (Wildman–Crippen LogP) is 5.13. The fourth-order valence-electron chi connectivity index (χ4n) is 10.5. The third-order valence-corrected chi connectivity index (χ3v) is 19.6. The second kappa shape index (κ2) is 40.4. The van der Waals surface area contributed by atoms with Crippen LogP contribution in [-0.2, 0) is 83.2 Å². The molecule has 0 fully saturated rings. The van der Waals surface area contributed by atoms with Gasteiger partial charge < -0.3 is 61.6 Å². The van der Waals surface area contributed by atoms with E-state index in [1.54, 1.807) is 109 Å². The third-order valence-electron chi connectivity index (χ3n) is 16.3. The molecular weight excluding hydrogens is 1270 g/mol. The van der Waals surface area contributed by atoms with Gasteiger partial charge in [-0.3, -0.25) is 52.7 Å². The topological polar surface area (TPSA) is 299 Å². The first-order valence-corrected chi connectivity index (χ1v) is 35.2. The molecule has 0 aromatic heterocycles. The number of nitrogens with zero attached hydrogens (tertiary/aromatic N) is 5. The summed E-state index contributed by atoms with van der Waals surface area (Å²) < 4.78 is 4.97. The van der Waals surface area contributed by atoms with Crippen molar-refractivity contribution in [2.75, 3.05) is 60.7 Å². The normalized spacial score (nSPS) is 14.1. The van der Waals surface area contributed by atoms with Gasteiger partial charge >= 0.3 is 5.97 Å². The molecule has 0 saturated heterocycles. The van der Waals surface area contributed by atoms with Gasteiger partial charge in [-0.2, -0.15) is 0 Å². The molecule has 23 nitrogen and oxygen atoms in total. The number of ether oxygens (including phenoxy) is 1. The van der Waals surface area contributed by atoms with Gasteiger partial charge in [0.05, 0.1) is 12.6 Å². The van der Waals surface area contributed by atoms with Gasteiger partial charge in [-0.1, -0.05) is 178 Å². The average Bonchev–Trinajstić information content (AvgIpc) is 2.34. The lowest BCUT2D eigenvalue weighted by Gasteiger charge is -2.35. The van der Waals surface area contributed by atoms with Crippen molar-refractivity contribution in [3.63, 3.8) is 0 Å². The molecule has 0 aliphatic rings. The molecule has 0 aliphatic carbocycles. The molecule has 0 bridgehead atoms. The van der Waals surface area contributed by atoms with Crippen LogP contribution in [0.15, 0.2) is 121 Å². The Labute approximate surface area is 581 Å². The minimum absolute atomic E-state index is 0.0122. The van der Waals surface area contributed by atoms with Gasteiger partial charge in [-0.05, 0) is 81.0 Å². The van der Waals surface area contributed by atoms with Crippen molar-refractivity contribution in [2.24, 2.45) is 11.7 Å². The van der Waals surface area contributed by atoms with Crippen LogP contribution in [-0.4, -0.2) is 209 Å². The molecule has 1 unspecified atom stereocenters. The van der Waals surface area contributed by atoms with Gasteiger partial charge in [-0.15, -0.1) is 0 Å². The molecular formula is C72H103N11O12S2. The summed E-state index contributed by atoms with van der Waals surface area (Å²) in [5, 5.41) is 14.4. The molecule has 0 heterocycles. The molecule has 4 aromatic carbocycles. The summed E-state index contributed by atoms with van der Waals surface area (Å²) in [7, 11) is 10.2. The van der Waals surface area contributed by atoms with Crippen LogP contribution < -0.4 is 32.3 Å². The van der Waals surface area contributed by atoms with E-state index in [0.717, 1.165) is 22.3 Å². The summed E-state index contributed by atoms with van der Waals surface area (Å²) in [4.78, 5) is 160. The molecule has 9 atom stereocenters. The molecule has 0 saturated carbocycles. The first kappa shape index (κ1) is 81.1. The van der Waals surface area contributed by atoms with Crippen molar-refractivity contribution in [2.45, 2.75) is 173 Å². The van der Waals surface area contributed by atoms with Gasteiger partial charge in [0.1, 0.15) is 42.3 Å². The average molecular weight is 1380 g/mol. The number of carbonyl (C=O) groups is 11. The molecule has 25 heteroatoms. The van der Waals surface area contributed by atoms with Crippen LogP contribution in [0.25, 0.3) is 0 Å². The largest absolute Gasteiger partial charge is 0.456 e. The second-order valence-corrected chi connectivity index (χ2v) is 29.3. The minimum Gasteiger partial charge on any atom is -0.456 e. The fraction of sp³-hybridized carbons (Fsp3) is 0.514. The van der Waals surface area contributed by atoms with Crippen molar-refractivity contribution in [3.8, 4) is 0 Å². The quantitative estimate of drug-likeness (QED) is 0.0193. The number of benzene rings is 4. The summed E-state index contributed by atoms with van der Waals surface area (Å²) in [5.41, 5.74) is 9.30. The van der Waals surface area contributed by atoms with Gasteiger partial charge in [0.15, 0.2) is 6.61 Å². The first-order chi connectivity index (χ1) is 45.8. The number of rotatable bonds is 38. The summed E-state index contributed by atoms with van der Waals surface area (Å²) in [6.07, 6.45) is 1.34. The molecule has 10 amide bonds. The number of carbonyl (C=O) groups excluding carboxylic acids is 11. The van der Waals surface area contributed by atoms with Crippen LogP contribution in [0.2, 0.25) is 0 Å². The van der Waals surface area contributed by atoms with Gasteiger partial charge in [0.25, 0.3) is 5.91 Å². The monoisotopic (exact) mass is 1380 g/mol. The Balaban J connectivity index is 1.60. The van der Waals surface area contributed by atoms with Gasteiger partial charge in [-0.25, -0.2) is 0 Å². The highest BCUT2D eigenvalue weighted by atomic mass is 33.1. The maximum Gasteiger partial charge on any atom is 0.303 e. The van der Waals surface area contributed by atoms with Crippen LogP contribution in [0.1, 0.15) is 110 Å². The number of nitrogens with one attached hydrogen (secondary N) is 5. The van der Waals surface area contributed by atoms with E-state index >= 15 is 9.59 Å². The molecule has 0 radical (unpaired) electrons. The molecule has 4 rings (SSSR count). The van der Waals surface area contributed by atoms with E-state index in [4.69, 9.17) is 10.5 Å². The summed E-state index contributed by atoms with van der Waals surface area (Å²) in [6, 6.07) is 27.1. The number of hydrogen-bond donors (Lipinski definition) is 6. The molecule has 97 heavy (non-hydrogen) atoms. The lowest BCUT2D eigenvalue weighted by atomic mass is 9.98. The maximum absolute atomic E-state index is 15.2. The first-order valence-electron chi connectivity index (χ1n) is 32.9. The lowest BCUT2D eigenvalue weighted by molar-refractivity contribution is -0.152. The van der Waals surface area contributed by atoms with E-state index in [2.05, 4.69) is 47.4 Å². The highest BCUT2D eigenvalue weighted by Crippen LogP contribution is 2.35. The Morgan fingerprint density at radius 1 is 0.505 bits per heavy atom. The summed E-state index contributed by atoms with van der Waals surface area (Å²) in [6.45, 7) is 15.0. The van der Waals surface area contributed by atoms with Crippen LogP contribution in [0.3, 0.4) is 0 Å². The van der Waals surface area contributed by atoms with Crippen LogP contribution >= 0.6 is 21.6 Å². The molecule has 7 N–H and O–H groups in total. The number of hydrogen-bond acceptors (Lipinski definition) is 15. The SMILES string of the molecule is CC(=O)OCC(=O)N(C)[C@@H](Cc1ccccc1)C(=O)N[C@@H](CCCCNC(=O)[C@@H](N)CSSC(C)(C)C)C(=O)N(C)C(CC(C)C)C(=O)N[C@@H](Cc1ccccc1)C(=O)N(C)CC(=O)N(C)[C@@H](Cc1ccccc1)C(=O)N[C@@H](C)C(=O)N(C)[C@@H](C)C(=O)N[C@@H](C)Cc1ccccc1. The Morgan fingerprint density at radius 2 is 0.969 bits per heavy atom. The van der Waals surface area contributed by atoms with Crippen molar-refractivity contribution in [1.82, 2.24) is 51.1 Å². The third kappa shape index (κ3) is 28.0. The second-order valence-electron chi connectivity index (χ2n) is 26.1. The van der Waals surface area contributed by atoms with Gasteiger partial charge in [0, 0.05) is 84.5 Å². The Bertz CT molecular complexity index is 3220. The predicted molar refractivity (Wildman–Crippen MR) is 380 cm³/mol. The van der Waals surface area contributed by atoms with E-state index < -0.39 is 115 Å².